The zero-order valence-corrected chi connectivity index (χ0v) is 19.1. The minimum absolute atomic E-state index is 0.0627. The minimum Gasteiger partial charge on any atom is -0.335 e. The van der Waals surface area contributed by atoms with Gasteiger partial charge in [0.2, 0.25) is 11.8 Å². The topological polar surface area (TPSA) is 80.1 Å². The molecule has 0 saturated carbocycles. The SMILES string of the molecule is CCn1c(CN2CCCCCC2=O)nnc1S[C@H](C)C(=O)Nc1c(C)cccc1C. The van der Waals surface area contributed by atoms with Crippen molar-refractivity contribution >= 4 is 29.3 Å². The highest BCUT2D eigenvalue weighted by atomic mass is 32.2. The van der Waals surface area contributed by atoms with Gasteiger partial charge in [0.15, 0.2) is 11.0 Å². The first-order valence-electron chi connectivity index (χ1n) is 10.6. The molecule has 1 N–H and O–H groups in total. The molecule has 0 unspecified atom stereocenters. The molecule has 0 aliphatic carbocycles. The zero-order chi connectivity index (χ0) is 21.7. The maximum absolute atomic E-state index is 12.8. The molecule has 1 atom stereocenters. The molecule has 30 heavy (non-hydrogen) atoms. The third kappa shape index (κ3) is 5.22. The van der Waals surface area contributed by atoms with Crippen molar-refractivity contribution in [3.05, 3.63) is 35.2 Å². The third-order valence-electron chi connectivity index (χ3n) is 5.49. The van der Waals surface area contributed by atoms with Crippen LogP contribution in [0, 0.1) is 13.8 Å². The molecule has 1 fully saturated rings. The molecule has 3 rings (SSSR count). The summed E-state index contributed by atoms with van der Waals surface area (Å²) in [4.78, 5) is 27.0. The van der Waals surface area contributed by atoms with E-state index >= 15 is 0 Å². The monoisotopic (exact) mass is 429 g/mol. The van der Waals surface area contributed by atoms with Crippen molar-refractivity contribution in [1.82, 2.24) is 19.7 Å². The number of anilines is 1. The summed E-state index contributed by atoms with van der Waals surface area (Å²) in [6.45, 7) is 9.82. The Labute approximate surface area is 182 Å². The number of aryl methyl sites for hydroxylation is 2. The minimum atomic E-state index is -0.328. The Morgan fingerprint density at radius 3 is 2.63 bits per heavy atom. The van der Waals surface area contributed by atoms with Crippen LogP contribution in [0.2, 0.25) is 0 Å². The van der Waals surface area contributed by atoms with Gasteiger partial charge in [0, 0.05) is 25.2 Å². The Bertz CT molecular complexity index is 891. The Kier molecular flexibility index (Phi) is 7.53. The van der Waals surface area contributed by atoms with Gasteiger partial charge in [0.25, 0.3) is 0 Å². The summed E-state index contributed by atoms with van der Waals surface area (Å²) in [5.41, 5.74) is 2.95. The number of thioether (sulfide) groups is 1. The van der Waals surface area contributed by atoms with E-state index in [1.54, 1.807) is 0 Å². The zero-order valence-electron chi connectivity index (χ0n) is 18.3. The Hall–Kier alpha value is -2.35. The van der Waals surface area contributed by atoms with Crippen molar-refractivity contribution < 1.29 is 9.59 Å². The largest absolute Gasteiger partial charge is 0.335 e. The lowest BCUT2D eigenvalue weighted by atomic mass is 10.1. The summed E-state index contributed by atoms with van der Waals surface area (Å²) in [7, 11) is 0. The number of nitrogens with zero attached hydrogens (tertiary/aromatic N) is 4. The Balaban J connectivity index is 1.68. The van der Waals surface area contributed by atoms with Gasteiger partial charge in [-0.2, -0.15) is 0 Å². The number of benzene rings is 1. The van der Waals surface area contributed by atoms with E-state index in [1.165, 1.54) is 11.8 Å². The number of carbonyl (C=O) groups is 2. The van der Waals surface area contributed by atoms with E-state index in [0.29, 0.717) is 24.7 Å². The van der Waals surface area contributed by atoms with Gasteiger partial charge in [-0.3, -0.25) is 9.59 Å². The predicted octanol–water partition coefficient (Wildman–Crippen LogP) is 3.94. The van der Waals surface area contributed by atoms with Crippen molar-refractivity contribution in [2.45, 2.75) is 76.9 Å². The first kappa shape index (κ1) is 22.3. The lowest BCUT2D eigenvalue weighted by Gasteiger charge is -2.20. The van der Waals surface area contributed by atoms with Gasteiger partial charge in [-0.15, -0.1) is 10.2 Å². The van der Waals surface area contributed by atoms with E-state index < -0.39 is 0 Å². The van der Waals surface area contributed by atoms with Crippen LogP contribution < -0.4 is 5.32 Å². The fraction of sp³-hybridized carbons (Fsp3) is 0.545. The van der Waals surface area contributed by atoms with Crippen LogP contribution in [0.3, 0.4) is 0 Å². The Morgan fingerprint density at radius 2 is 1.93 bits per heavy atom. The molecule has 2 aromatic rings. The van der Waals surface area contributed by atoms with Gasteiger partial charge in [-0.05, 0) is 51.7 Å². The molecule has 1 aliphatic heterocycles. The van der Waals surface area contributed by atoms with E-state index in [-0.39, 0.29) is 17.1 Å². The lowest BCUT2D eigenvalue weighted by Crippen LogP contribution is -2.31. The van der Waals surface area contributed by atoms with E-state index in [1.807, 2.05) is 55.4 Å². The van der Waals surface area contributed by atoms with E-state index in [9.17, 15) is 9.59 Å². The standard InChI is InChI=1S/C22H31N5O2S/c1-5-27-18(14-26-13-8-6-7-12-19(26)28)24-25-22(27)30-17(4)21(29)23-20-15(2)10-9-11-16(20)3/h9-11,17H,5-8,12-14H2,1-4H3,(H,23,29)/t17-/m1/s1. The maximum atomic E-state index is 12.8. The van der Waals surface area contributed by atoms with Gasteiger partial charge in [0.1, 0.15) is 0 Å². The molecule has 1 aliphatic rings. The van der Waals surface area contributed by atoms with Crippen LogP contribution >= 0.6 is 11.8 Å². The summed E-state index contributed by atoms with van der Waals surface area (Å²) in [6, 6.07) is 5.97. The summed E-state index contributed by atoms with van der Waals surface area (Å²) in [5.74, 6) is 0.901. The normalized spacial score (nSPS) is 15.7. The Morgan fingerprint density at radius 1 is 1.20 bits per heavy atom. The van der Waals surface area contributed by atoms with Crippen LogP contribution in [0.1, 0.15) is 56.5 Å². The second kappa shape index (κ2) is 10.1. The number of amides is 2. The molecule has 8 heteroatoms. The molecule has 0 spiro atoms. The first-order valence-corrected chi connectivity index (χ1v) is 11.5. The summed E-state index contributed by atoms with van der Waals surface area (Å²) in [5, 5.41) is 12.1. The number of nitrogens with one attached hydrogen (secondary N) is 1. The van der Waals surface area contributed by atoms with Crippen LogP contribution in [0.5, 0.6) is 0 Å². The van der Waals surface area contributed by atoms with Crippen molar-refractivity contribution in [2.75, 3.05) is 11.9 Å². The average Bonchev–Trinajstić information content (AvgIpc) is 2.97. The van der Waals surface area contributed by atoms with Crippen LogP contribution in [0.25, 0.3) is 0 Å². The van der Waals surface area contributed by atoms with Gasteiger partial charge < -0.3 is 14.8 Å². The van der Waals surface area contributed by atoms with Crippen molar-refractivity contribution in [2.24, 2.45) is 0 Å². The number of likely N-dealkylation sites (tertiary alicyclic amines) is 1. The predicted molar refractivity (Wildman–Crippen MR) is 119 cm³/mol. The van der Waals surface area contributed by atoms with Gasteiger partial charge in [-0.25, -0.2) is 0 Å². The lowest BCUT2D eigenvalue weighted by molar-refractivity contribution is -0.131. The summed E-state index contributed by atoms with van der Waals surface area (Å²) in [6.07, 6.45) is 3.70. The fourth-order valence-electron chi connectivity index (χ4n) is 3.67. The first-order chi connectivity index (χ1) is 14.4. The molecular weight excluding hydrogens is 398 g/mol. The maximum Gasteiger partial charge on any atom is 0.237 e. The van der Waals surface area contributed by atoms with Gasteiger partial charge >= 0.3 is 0 Å². The third-order valence-corrected chi connectivity index (χ3v) is 6.57. The second-order valence-corrected chi connectivity index (χ2v) is 9.09. The van der Waals surface area contributed by atoms with Gasteiger partial charge in [0.05, 0.1) is 11.8 Å². The average molecular weight is 430 g/mol. The van der Waals surface area contributed by atoms with E-state index in [4.69, 9.17) is 0 Å². The van der Waals surface area contributed by atoms with Crippen LogP contribution in [-0.2, 0) is 22.7 Å². The highest BCUT2D eigenvalue weighted by molar-refractivity contribution is 8.00. The molecule has 1 aromatic carbocycles. The number of carbonyl (C=O) groups excluding carboxylic acids is 2. The molecular formula is C22H31N5O2S. The molecule has 7 nitrogen and oxygen atoms in total. The molecule has 0 radical (unpaired) electrons. The van der Waals surface area contributed by atoms with Crippen molar-refractivity contribution in [3.63, 3.8) is 0 Å². The van der Waals surface area contributed by atoms with E-state index in [0.717, 1.165) is 48.4 Å². The molecule has 1 saturated heterocycles. The van der Waals surface area contributed by atoms with Crippen LogP contribution in [0.15, 0.2) is 23.4 Å². The second-order valence-electron chi connectivity index (χ2n) is 7.79. The number of hydrogen-bond donors (Lipinski definition) is 1. The summed E-state index contributed by atoms with van der Waals surface area (Å²) >= 11 is 1.40. The van der Waals surface area contributed by atoms with Crippen molar-refractivity contribution in [1.29, 1.82) is 0 Å². The number of aromatic nitrogens is 3. The molecule has 1 aromatic heterocycles. The van der Waals surface area contributed by atoms with Crippen molar-refractivity contribution in [3.8, 4) is 0 Å². The fourth-order valence-corrected chi connectivity index (χ4v) is 4.60. The molecule has 0 bridgehead atoms. The number of rotatable bonds is 7. The summed E-state index contributed by atoms with van der Waals surface area (Å²) < 4.78 is 2.01. The number of hydrogen-bond acceptors (Lipinski definition) is 5. The molecule has 2 amide bonds. The smallest absolute Gasteiger partial charge is 0.237 e. The number of para-hydroxylation sites is 1. The van der Waals surface area contributed by atoms with Gasteiger partial charge in [-0.1, -0.05) is 36.4 Å². The quantitative estimate of drug-likeness (QED) is 0.675. The molecule has 2 heterocycles. The van der Waals surface area contributed by atoms with Crippen LogP contribution in [-0.4, -0.2) is 43.3 Å². The highest BCUT2D eigenvalue weighted by Gasteiger charge is 2.23. The van der Waals surface area contributed by atoms with E-state index in [2.05, 4.69) is 15.5 Å². The van der Waals surface area contributed by atoms with Crippen LogP contribution in [0.4, 0.5) is 5.69 Å². The molecule has 162 valence electrons. The highest BCUT2D eigenvalue weighted by Crippen LogP contribution is 2.26.